The molecule has 2 aromatic rings. The molecule has 3 rings (SSSR count). The minimum atomic E-state index is -0.387. The van der Waals surface area contributed by atoms with E-state index >= 15 is 0 Å². The molecule has 2 heterocycles. The third kappa shape index (κ3) is 4.28. The van der Waals surface area contributed by atoms with Crippen molar-refractivity contribution in [3.8, 4) is 11.5 Å². The molecule has 9 heteroatoms. The molecule has 156 valence electrons. The van der Waals surface area contributed by atoms with E-state index in [9.17, 15) is 14.4 Å². The lowest BCUT2D eigenvalue weighted by molar-refractivity contribution is -0.120. The highest BCUT2D eigenvalue weighted by Crippen LogP contribution is 2.27. The van der Waals surface area contributed by atoms with E-state index in [1.165, 1.54) is 17.7 Å². The van der Waals surface area contributed by atoms with E-state index in [4.69, 9.17) is 9.47 Å². The van der Waals surface area contributed by atoms with Crippen molar-refractivity contribution in [3.63, 3.8) is 0 Å². The van der Waals surface area contributed by atoms with E-state index in [0.29, 0.717) is 36.1 Å². The summed E-state index contributed by atoms with van der Waals surface area (Å²) in [6, 6.07) is 6.63. The Balaban J connectivity index is 1.79. The highest BCUT2D eigenvalue weighted by molar-refractivity contribution is 5.93. The van der Waals surface area contributed by atoms with Gasteiger partial charge in [-0.2, -0.15) is 0 Å². The van der Waals surface area contributed by atoms with Gasteiger partial charge >= 0.3 is 5.69 Å². The fourth-order valence-corrected chi connectivity index (χ4v) is 3.55. The van der Waals surface area contributed by atoms with Crippen LogP contribution in [0.2, 0.25) is 0 Å². The van der Waals surface area contributed by atoms with Crippen LogP contribution in [0.3, 0.4) is 0 Å². The van der Waals surface area contributed by atoms with Crippen LogP contribution >= 0.6 is 0 Å². The van der Waals surface area contributed by atoms with Crippen LogP contribution in [0.5, 0.6) is 11.5 Å². The van der Waals surface area contributed by atoms with E-state index in [1.807, 2.05) is 4.90 Å². The monoisotopic (exact) mass is 402 g/mol. The van der Waals surface area contributed by atoms with Gasteiger partial charge in [0, 0.05) is 57.1 Å². The van der Waals surface area contributed by atoms with Crippen molar-refractivity contribution >= 4 is 17.4 Å². The first-order valence-corrected chi connectivity index (χ1v) is 9.40. The molecule has 1 fully saturated rings. The highest BCUT2D eigenvalue weighted by Gasteiger charge is 2.28. The summed E-state index contributed by atoms with van der Waals surface area (Å²) >= 11 is 0. The van der Waals surface area contributed by atoms with Crippen molar-refractivity contribution < 1.29 is 14.3 Å². The molecule has 0 radical (unpaired) electrons. The van der Waals surface area contributed by atoms with E-state index in [0.717, 1.165) is 17.4 Å². The number of hydrogen-bond donors (Lipinski definition) is 1. The normalized spacial score (nSPS) is 16.4. The average molecular weight is 402 g/mol. The summed E-state index contributed by atoms with van der Waals surface area (Å²) in [4.78, 5) is 39.1. The molecule has 0 spiro atoms. The molecule has 1 atom stereocenters. The second-order valence-corrected chi connectivity index (χ2v) is 7.12. The van der Waals surface area contributed by atoms with E-state index in [-0.39, 0.29) is 23.1 Å². The van der Waals surface area contributed by atoms with Gasteiger partial charge in [-0.1, -0.05) is 0 Å². The summed E-state index contributed by atoms with van der Waals surface area (Å²) in [5.41, 5.74) is -0.162. The number of piperidine rings is 1. The summed E-state index contributed by atoms with van der Waals surface area (Å²) in [7, 11) is 6.17. The Morgan fingerprint density at radius 1 is 1.03 bits per heavy atom. The number of rotatable bonds is 5. The lowest BCUT2D eigenvalue weighted by Gasteiger charge is -2.34. The van der Waals surface area contributed by atoms with Gasteiger partial charge < -0.3 is 19.7 Å². The van der Waals surface area contributed by atoms with Crippen LogP contribution in [0.1, 0.15) is 12.8 Å². The summed E-state index contributed by atoms with van der Waals surface area (Å²) in [5, 5.41) is 2.92. The minimum Gasteiger partial charge on any atom is -0.497 e. The van der Waals surface area contributed by atoms with Crippen LogP contribution in [0.25, 0.3) is 0 Å². The second-order valence-electron chi connectivity index (χ2n) is 7.12. The molecule has 9 nitrogen and oxygen atoms in total. The number of methoxy groups -OCH3 is 2. The number of anilines is 2. The van der Waals surface area contributed by atoms with Crippen LogP contribution in [0.15, 0.2) is 33.9 Å². The molecule has 0 saturated carbocycles. The zero-order valence-electron chi connectivity index (χ0n) is 17.1. The Morgan fingerprint density at radius 3 is 2.31 bits per heavy atom. The van der Waals surface area contributed by atoms with Crippen molar-refractivity contribution in [1.82, 2.24) is 9.13 Å². The highest BCUT2D eigenvalue weighted by atomic mass is 16.5. The van der Waals surface area contributed by atoms with Crippen LogP contribution in [0, 0.1) is 5.92 Å². The number of aromatic nitrogens is 2. The smallest absolute Gasteiger partial charge is 0.332 e. The first kappa shape index (κ1) is 20.5. The van der Waals surface area contributed by atoms with Gasteiger partial charge in [-0.05, 0) is 12.8 Å². The predicted octanol–water partition coefficient (Wildman–Crippen LogP) is 0.956. The average Bonchev–Trinajstić information content (AvgIpc) is 2.74. The first-order chi connectivity index (χ1) is 13.8. The first-order valence-electron chi connectivity index (χ1n) is 9.40. The lowest BCUT2D eigenvalue weighted by atomic mass is 9.97. The van der Waals surface area contributed by atoms with E-state index < -0.39 is 0 Å². The van der Waals surface area contributed by atoms with Gasteiger partial charge in [-0.25, -0.2) is 4.79 Å². The van der Waals surface area contributed by atoms with Gasteiger partial charge in [0.05, 0.1) is 20.1 Å². The Labute approximate surface area is 168 Å². The minimum absolute atomic E-state index is 0.126. The van der Waals surface area contributed by atoms with Gasteiger partial charge in [0.2, 0.25) is 5.91 Å². The van der Waals surface area contributed by atoms with Crippen LogP contribution in [0.4, 0.5) is 11.5 Å². The van der Waals surface area contributed by atoms with E-state index in [1.54, 1.807) is 39.5 Å². The van der Waals surface area contributed by atoms with Gasteiger partial charge in [0.25, 0.3) is 5.56 Å². The second kappa shape index (κ2) is 8.42. The summed E-state index contributed by atoms with van der Waals surface area (Å²) in [6.07, 6.45) is 1.51. The SMILES string of the molecule is COc1cc(NC(=O)[C@@H]2CCCN(c3cc(=O)n(C)c(=O)n3C)C2)cc(OC)c1. The zero-order chi connectivity index (χ0) is 21.1. The number of nitrogens with zero attached hydrogens (tertiary/aromatic N) is 3. The van der Waals surface area contributed by atoms with Gasteiger partial charge in [-0.15, -0.1) is 0 Å². The molecule has 1 aromatic carbocycles. The van der Waals surface area contributed by atoms with Gasteiger partial charge in [0.1, 0.15) is 17.3 Å². The standard InChI is InChI=1S/C20H26N4O5/c1-22-17(11-18(25)23(2)20(22)27)24-7-5-6-13(12-24)19(26)21-14-8-15(28-3)10-16(9-14)29-4/h8-11,13H,5-7,12H2,1-4H3,(H,21,26)/t13-/m1/s1. The molecular weight excluding hydrogens is 376 g/mol. The number of carbonyl (C=O) groups is 1. The molecular formula is C20H26N4O5. The maximum atomic E-state index is 12.9. The number of ether oxygens (including phenoxy) is 2. The van der Waals surface area contributed by atoms with Crippen molar-refractivity contribution in [1.29, 1.82) is 0 Å². The topological polar surface area (TPSA) is 94.8 Å². The Morgan fingerprint density at radius 2 is 1.69 bits per heavy atom. The number of carbonyl (C=O) groups excluding carboxylic acids is 1. The maximum Gasteiger partial charge on any atom is 0.332 e. The fraction of sp³-hybridized carbons (Fsp3) is 0.450. The lowest BCUT2D eigenvalue weighted by Crippen LogP contribution is -2.45. The predicted molar refractivity (Wildman–Crippen MR) is 110 cm³/mol. The fourth-order valence-electron chi connectivity index (χ4n) is 3.55. The van der Waals surface area contributed by atoms with Crippen molar-refractivity contribution in [2.75, 3.05) is 37.5 Å². The van der Waals surface area contributed by atoms with Crippen molar-refractivity contribution in [3.05, 3.63) is 45.1 Å². The quantitative estimate of drug-likeness (QED) is 0.800. The number of amides is 1. The number of hydrogen-bond acceptors (Lipinski definition) is 6. The third-order valence-electron chi connectivity index (χ3n) is 5.24. The molecule has 1 amide bonds. The van der Waals surface area contributed by atoms with Gasteiger partial charge in [-0.3, -0.25) is 18.7 Å². The molecule has 0 aliphatic carbocycles. The Hall–Kier alpha value is -3.23. The summed E-state index contributed by atoms with van der Waals surface area (Å²) < 4.78 is 13.0. The zero-order valence-corrected chi connectivity index (χ0v) is 17.1. The van der Waals surface area contributed by atoms with Crippen LogP contribution < -0.4 is 30.9 Å². The molecule has 1 N–H and O–H groups in total. The molecule has 0 bridgehead atoms. The largest absolute Gasteiger partial charge is 0.497 e. The molecule has 1 aromatic heterocycles. The Bertz CT molecular complexity index is 1000. The summed E-state index contributed by atoms with van der Waals surface area (Å²) in [6.45, 7) is 1.10. The molecule has 0 unspecified atom stereocenters. The molecule has 1 saturated heterocycles. The molecule has 1 aliphatic heterocycles. The maximum absolute atomic E-state index is 12.9. The summed E-state index contributed by atoms with van der Waals surface area (Å²) in [5.74, 6) is 1.29. The van der Waals surface area contributed by atoms with Crippen molar-refractivity contribution in [2.24, 2.45) is 20.0 Å². The van der Waals surface area contributed by atoms with Crippen LogP contribution in [-0.4, -0.2) is 42.4 Å². The van der Waals surface area contributed by atoms with Crippen molar-refractivity contribution in [2.45, 2.75) is 12.8 Å². The third-order valence-corrected chi connectivity index (χ3v) is 5.24. The van der Waals surface area contributed by atoms with E-state index in [2.05, 4.69) is 5.32 Å². The Kier molecular flexibility index (Phi) is 5.95. The number of benzene rings is 1. The molecule has 29 heavy (non-hydrogen) atoms. The molecule has 1 aliphatic rings. The van der Waals surface area contributed by atoms with Gasteiger partial charge in [0.15, 0.2) is 0 Å². The number of nitrogens with one attached hydrogen (secondary N) is 1. The van der Waals surface area contributed by atoms with Crippen LogP contribution in [-0.2, 0) is 18.9 Å².